The molecule has 1 aliphatic rings. The maximum Gasteiger partial charge on any atom is 0.373 e. The molecule has 3 heterocycles. The summed E-state index contributed by atoms with van der Waals surface area (Å²) >= 11 is 1.39. The molecule has 1 N–H and O–H groups in total. The number of hydrogen-bond acceptors (Lipinski definition) is 6. The van der Waals surface area contributed by atoms with Gasteiger partial charge in [-0.25, -0.2) is 0 Å². The first-order valence-corrected chi connectivity index (χ1v) is 9.11. The first kappa shape index (κ1) is 16.0. The van der Waals surface area contributed by atoms with E-state index in [1.54, 1.807) is 11.6 Å². The molecule has 0 saturated carbocycles. The fourth-order valence-corrected chi connectivity index (χ4v) is 4.20. The third-order valence-electron chi connectivity index (χ3n) is 4.82. The van der Waals surface area contributed by atoms with Gasteiger partial charge in [0, 0.05) is 18.5 Å². The van der Waals surface area contributed by atoms with Gasteiger partial charge >= 0.3 is 5.82 Å². The molecule has 1 fully saturated rings. The number of anilines is 1. The van der Waals surface area contributed by atoms with E-state index in [0.717, 1.165) is 18.4 Å². The molecule has 1 atom stereocenters. The molecular formula is C17H18N4O3S. The molecule has 1 aromatic carbocycles. The zero-order valence-corrected chi connectivity index (χ0v) is 14.3. The van der Waals surface area contributed by atoms with Crippen molar-refractivity contribution in [2.75, 3.05) is 18.0 Å². The highest BCUT2D eigenvalue weighted by Crippen LogP contribution is 2.36. The first-order valence-electron chi connectivity index (χ1n) is 8.23. The van der Waals surface area contributed by atoms with Crippen LogP contribution in [0.15, 0.2) is 41.9 Å². The van der Waals surface area contributed by atoms with Crippen LogP contribution in [0.4, 0.5) is 11.6 Å². The van der Waals surface area contributed by atoms with Crippen LogP contribution < -0.4 is 4.90 Å². The Balaban J connectivity index is 1.52. The first-order chi connectivity index (χ1) is 12.1. The molecule has 1 saturated heterocycles. The highest BCUT2D eigenvalue weighted by molar-refractivity contribution is 7.15. The third-order valence-corrected chi connectivity index (χ3v) is 5.58. The lowest BCUT2D eigenvalue weighted by Gasteiger charge is -2.34. The van der Waals surface area contributed by atoms with Crippen LogP contribution in [0, 0.1) is 16.0 Å². The van der Waals surface area contributed by atoms with Gasteiger partial charge in [-0.15, -0.1) is 0 Å². The quantitative estimate of drug-likeness (QED) is 0.572. The molecule has 1 aliphatic heterocycles. The van der Waals surface area contributed by atoms with Gasteiger partial charge < -0.3 is 20.1 Å². The summed E-state index contributed by atoms with van der Waals surface area (Å²) in [7, 11) is 0. The Labute approximate surface area is 148 Å². The Hall–Kier alpha value is -2.45. The normalized spacial score (nSPS) is 17.1. The largest absolute Gasteiger partial charge is 0.388 e. The molecule has 25 heavy (non-hydrogen) atoms. The zero-order chi connectivity index (χ0) is 17.4. The number of piperidine rings is 1. The van der Waals surface area contributed by atoms with Crippen LogP contribution in [-0.2, 0) is 0 Å². The molecule has 7 nitrogen and oxygen atoms in total. The fourth-order valence-electron chi connectivity index (χ4n) is 3.49. The highest BCUT2D eigenvalue weighted by atomic mass is 32.1. The number of aromatic nitrogens is 2. The van der Waals surface area contributed by atoms with Crippen LogP contribution in [0.2, 0.25) is 0 Å². The maximum atomic E-state index is 11.5. The molecule has 2 aromatic heterocycles. The minimum Gasteiger partial charge on any atom is -0.388 e. The smallest absolute Gasteiger partial charge is 0.373 e. The molecule has 130 valence electrons. The Bertz CT molecular complexity index is 884. The highest BCUT2D eigenvalue weighted by Gasteiger charge is 2.32. The van der Waals surface area contributed by atoms with Crippen LogP contribution in [-0.4, -0.2) is 32.5 Å². The number of aliphatic hydroxyl groups excluding tert-OH is 1. The fraction of sp³-hybridized carbons (Fsp3) is 0.353. The molecule has 0 radical (unpaired) electrons. The van der Waals surface area contributed by atoms with E-state index in [0.29, 0.717) is 23.9 Å². The van der Waals surface area contributed by atoms with Gasteiger partial charge in [-0.3, -0.25) is 0 Å². The summed E-state index contributed by atoms with van der Waals surface area (Å²) in [4.78, 5) is 18.2. The average molecular weight is 358 g/mol. The maximum absolute atomic E-state index is 11.5. The standard InChI is InChI=1S/C17H18N4O3S/c22-14(12-4-2-1-3-5-12)13-6-8-19(9-7-13)15-16(21(23)24)20-10-11-25-17(20)18-15/h1-5,10-11,13-14,22H,6-9H2/t14-/m1/s1. The van der Waals surface area contributed by atoms with Gasteiger partial charge in [-0.05, 0) is 29.2 Å². The van der Waals surface area contributed by atoms with Gasteiger partial charge in [0.25, 0.3) is 4.96 Å². The number of nitrogens with zero attached hydrogens (tertiary/aromatic N) is 4. The summed E-state index contributed by atoms with van der Waals surface area (Å²) in [5.74, 6) is 0.615. The molecule has 0 amide bonds. The van der Waals surface area contributed by atoms with Crippen molar-refractivity contribution < 1.29 is 10.0 Å². The Morgan fingerprint density at radius 1 is 1.28 bits per heavy atom. The van der Waals surface area contributed by atoms with E-state index in [1.807, 2.05) is 35.2 Å². The summed E-state index contributed by atoms with van der Waals surface area (Å²) in [5, 5.41) is 23.9. The molecule has 0 bridgehead atoms. The van der Waals surface area contributed by atoms with Crippen molar-refractivity contribution in [1.82, 2.24) is 9.38 Å². The van der Waals surface area contributed by atoms with E-state index in [1.165, 1.54) is 15.7 Å². The van der Waals surface area contributed by atoms with Crippen LogP contribution in [0.3, 0.4) is 0 Å². The summed E-state index contributed by atoms with van der Waals surface area (Å²) in [6, 6.07) is 9.66. The Morgan fingerprint density at radius 3 is 2.68 bits per heavy atom. The van der Waals surface area contributed by atoms with Gasteiger partial charge in [0.15, 0.2) is 0 Å². The van der Waals surface area contributed by atoms with Gasteiger partial charge in [-0.2, -0.15) is 9.38 Å². The van der Waals surface area contributed by atoms with Crippen LogP contribution in [0.25, 0.3) is 4.96 Å². The monoisotopic (exact) mass is 358 g/mol. The number of rotatable bonds is 4. The number of thiazole rings is 1. The van der Waals surface area contributed by atoms with Gasteiger partial charge in [0.2, 0.25) is 5.82 Å². The van der Waals surface area contributed by atoms with Gasteiger partial charge in [0.1, 0.15) is 6.20 Å². The Morgan fingerprint density at radius 2 is 2.00 bits per heavy atom. The van der Waals surface area contributed by atoms with Crippen molar-refractivity contribution in [3.63, 3.8) is 0 Å². The number of hydrogen-bond donors (Lipinski definition) is 1. The molecule has 3 aromatic rings. The van der Waals surface area contributed by atoms with Gasteiger partial charge in [-0.1, -0.05) is 41.7 Å². The Kier molecular flexibility index (Phi) is 4.14. The summed E-state index contributed by atoms with van der Waals surface area (Å²) < 4.78 is 1.53. The summed E-state index contributed by atoms with van der Waals surface area (Å²) in [6.07, 6.45) is 2.74. The molecule has 8 heteroatoms. The van der Waals surface area contributed by atoms with Crippen LogP contribution in [0.1, 0.15) is 24.5 Å². The second-order valence-corrected chi connectivity index (χ2v) is 7.12. The predicted molar refractivity (Wildman–Crippen MR) is 96.1 cm³/mol. The lowest BCUT2D eigenvalue weighted by molar-refractivity contribution is -0.389. The van der Waals surface area contributed by atoms with Crippen molar-refractivity contribution in [3.05, 3.63) is 57.6 Å². The van der Waals surface area contributed by atoms with E-state index >= 15 is 0 Å². The number of fused-ring (bicyclic) bond motifs is 1. The van der Waals surface area contributed by atoms with Crippen molar-refractivity contribution in [2.45, 2.75) is 18.9 Å². The van der Waals surface area contributed by atoms with Gasteiger partial charge in [0.05, 0.1) is 6.10 Å². The molecule has 0 aliphatic carbocycles. The molecule has 4 rings (SSSR count). The lowest BCUT2D eigenvalue weighted by atomic mass is 9.87. The summed E-state index contributed by atoms with van der Waals surface area (Å²) in [5.41, 5.74) is 0.925. The third kappa shape index (κ3) is 2.87. The molecule has 0 spiro atoms. The van der Waals surface area contributed by atoms with Crippen molar-refractivity contribution >= 4 is 27.9 Å². The minimum absolute atomic E-state index is 0.0262. The number of benzene rings is 1. The lowest BCUT2D eigenvalue weighted by Crippen LogP contribution is -2.36. The van der Waals surface area contributed by atoms with E-state index < -0.39 is 6.10 Å². The SMILES string of the molecule is O=[N+]([O-])c1c(N2CCC([C@H](O)c3ccccc3)CC2)nc2sccn12. The van der Waals surface area contributed by atoms with E-state index in [4.69, 9.17) is 0 Å². The minimum atomic E-state index is -0.496. The van der Waals surface area contributed by atoms with Crippen molar-refractivity contribution in [2.24, 2.45) is 5.92 Å². The second kappa shape index (κ2) is 6.45. The molecule has 0 unspecified atom stereocenters. The van der Waals surface area contributed by atoms with E-state index in [9.17, 15) is 15.2 Å². The van der Waals surface area contributed by atoms with Crippen LogP contribution in [0.5, 0.6) is 0 Å². The van der Waals surface area contributed by atoms with E-state index in [-0.39, 0.29) is 16.7 Å². The summed E-state index contributed by atoms with van der Waals surface area (Å²) in [6.45, 7) is 1.31. The average Bonchev–Trinajstić information content (AvgIpc) is 3.22. The number of imidazole rings is 1. The number of nitro groups is 1. The molecular weight excluding hydrogens is 340 g/mol. The predicted octanol–water partition coefficient (Wildman–Crippen LogP) is 3.25. The van der Waals surface area contributed by atoms with Crippen molar-refractivity contribution in [1.29, 1.82) is 0 Å². The number of aliphatic hydroxyl groups is 1. The van der Waals surface area contributed by atoms with E-state index in [2.05, 4.69) is 4.98 Å². The topological polar surface area (TPSA) is 83.9 Å². The zero-order valence-electron chi connectivity index (χ0n) is 13.5. The van der Waals surface area contributed by atoms with Crippen molar-refractivity contribution in [3.8, 4) is 0 Å². The second-order valence-electron chi connectivity index (χ2n) is 6.25. The van der Waals surface area contributed by atoms with Crippen LogP contribution >= 0.6 is 11.3 Å².